The number of benzene rings is 7. The summed E-state index contributed by atoms with van der Waals surface area (Å²) >= 11 is 0. The third-order valence-electron chi connectivity index (χ3n) is 9.43. The zero-order chi connectivity index (χ0) is 32.5. The molecule has 0 aliphatic heterocycles. The van der Waals surface area contributed by atoms with Crippen molar-refractivity contribution in [3.05, 3.63) is 187 Å². The van der Waals surface area contributed by atoms with E-state index >= 15 is 0 Å². The molecule has 48 heavy (non-hydrogen) atoms. The fraction of sp³-hybridized carbons (Fsp3) is 0. The highest BCUT2D eigenvalue weighted by molar-refractivity contribution is 7.20. The van der Waals surface area contributed by atoms with Crippen LogP contribution in [0.4, 0.5) is 0 Å². The molecule has 0 bridgehead atoms. The van der Waals surface area contributed by atoms with Gasteiger partial charge in [0.2, 0.25) is 0 Å². The van der Waals surface area contributed by atoms with Crippen LogP contribution in [0.2, 0.25) is 0 Å². The average molecular weight is 628 g/mol. The summed E-state index contributed by atoms with van der Waals surface area (Å²) in [4.78, 5) is 0. The molecular formula is C44H29N3Si. The van der Waals surface area contributed by atoms with E-state index in [0.29, 0.717) is 11.1 Å². The van der Waals surface area contributed by atoms with E-state index in [4.69, 9.17) is 0 Å². The highest BCUT2D eigenvalue weighted by Crippen LogP contribution is 2.34. The number of hydrogen-bond acceptors (Lipinski definition) is 2. The predicted octanol–water partition coefficient (Wildman–Crippen LogP) is 7.57. The van der Waals surface area contributed by atoms with Gasteiger partial charge in [-0.25, -0.2) is 0 Å². The van der Waals surface area contributed by atoms with Gasteiger partial charge in [0.25, 0.3) is 0 Å². The number of para-hydroxylation sites is 1. The molecule has 0 radical (unpaired) electrons. The summed E-state index contributed by atoms with van der Waals surface area (Å²) in [5.41, 5.74) is 6.41. The van der Waals surface area contributed by atoms with Crippen LogP contribution < -0.4 is 20.7 Å². The smallest absolute Gasteiger partial charge is 0.180 e. The summed E-state index contributed by atoms with van der Waals surface area (Å²) in [6.07, 6.45) is 0. The van der Waals surface area contributed by atoms with E-state index < -0.39 is 8.07 Å². The lowest BCUT2D eigenvalue weighted by molar-refractivity contribution is 1.18. The molecule has 8 rings (SSSR count). The number of rotatable bonds is 6. The van der Waals surface area contributed by atoms with E-state index in [2.05, 4.69) is 150 Å². The normalized spacial score (nSPS) is 11.3. The topological polar surface area (TPSA) is 52.5 Å². The highest BCUT2D eigenvalue weighted by Gasteiger charge is 2.43. The zero-order valence-corrected chi connectivity index (χ0v) is 27.1. The Hall–Kier alpha value is -6.46. The molecule has 0 fully saturated rings. The first-order chi connectivity index (χ1) is 23.7. The van der Waals surface area contributed by atoms with Gasteiger partial charge in [-0.3, -0.25) is 0 Å². The minimum atomic E-state index is -2.91. The van der Waals surface area contributed by atoms with Gasteiger partial charge in [-0.2, -0.15) is 10.5 Å². The van der Waals surface area contributed by atoms with Crippen molar-refractivity contribution in [3.63, 3.8) is 0 Å². The minimum Gasteiger partial charge on any atom is -0.309 e. The van der Waals surface area contributed by atoms with Crippen LogP contribution in [0.1, 0.15) is 11.1 Å². The van der Waals surface area contributed by atoms with E-state index in [-0.39, 0.29) is 0 Å². The van der Waals surface area contributed by atoms with Crippen LogP contribution in [0.3, 0.4) is 0 Å². The van der Waals surface area contributed by atoms with Crippen molar-refractivity contribution in [1.82, 2.24) is 4.57 Å². The Morgan fingerprint density at radius 2 is 1.02 bits per heavy atom. The van der Waals surface area contributed by atoms with Crippen LogP contribution >= 0.6 is 0 Å². The molecule has 0 N–H and O–H groups in total. The van der Waals surface area contributed by atoms with E-state index in [0.717, 1.165) is 38.6 Å². The van der Waals surface area contributed by atoms with Crippen molar-refractivity contribution >= 4 is 50.6 Å². The minimum absolute atomic E-state index is 0.643. The van der Waals surface area contributed by atoms with E-state index in [1.54, 1.807) is 0 Å². The summed E-state index contributed by atoms with van der Waals surface area (Å²) in [6, 6.07) is 66.3. The summed E-state index contributed by atoms with van der Waals surface area (Å²) in [6.45, 7) is 0. The van der Waals surface area contributed by atoms with Crippen molar-refractivity contribution in [2.24, 2.45) is 0 Å². The molecule has 4 heteroatoms. The molecule has 0 atom stereocenters. The first-order valence-electron chi connectivity index (χ1n) is 16.0. The van der Waals surface area contributed by atoms with E-state index in [1.807, 2.05) is 42.5 Å². The monoisotopic (exact) mass is 627 g/mol. The second kappa shape index (κ2) is 12.0. The van der Waals surface area contributed by atoms with Crippen LogP contribution in [0.25, 0.3) is 38.6 Å². The third-order valence-corrected chi connectivity index (χ3v) is 14.2. The quantitative estimate of drug-likeness (QED) is 0.141. The van der Waals surface area contributed by atoms with Gasteiger partial charge in [-0.15, -0.1) is 0 Å². The number of nitrogens with zero attached hydrogens (tertiary/aromatic N) is 3. The Morgan fingerprint density at radius 3 is 1.60 bits per heavy atom. The Bertz CT molecular complexity index is 2410. The molecule has 0 aliphatic rings. The third kappa shape index (κ3) is 4.55. The molecule has 0 aliphatic carbocycles. The second-order valence-corrected chi connectivity index (χ2v) is 15.7. The molecule has 0 spiro atoms. The molecule has 224 valence electrons. The molecule has 3 nitrogen and oxygen atoms in total. The molecule has 0 saturated heterocycles. The standard InChI is InChI=1S/C44H29N3Si/c45-30-32-23-28-42-40(29-32)39-20-10-11-21-41(39)47(42)35-26-24-33(25-27-35)44-34(31-46)13-12-22-43(44)48(36-14-4-1-5-15-36,37-16-6-2-7-17-37)38-18-8-3-9-19-38/h1-29H. The lowest BCUT2D eigenvalue weighted by atomic mass is 10.00. The van der Waals surface area contributed by atoms with Gasteiger partial charge < -0.3 is 4.57 Å². The van der Waals surface area contributed by atoms with Crippen LogP contribution in [0, 0.1) is 22.7 Å². The molecule has 7 aromatic carbocycles. The largest absolute Gasteiger partial charge is 0.309 e. The maximum atomic E-state index is 10.6. The molecule has 1 aromatic heterocycles. The maximum absolute atomic E-state index is 10.6. The second-order valence-electron chi connectivity index (χ2n) is 11.9. The molecule has 8 aromatic rings. The average Bonchev–Trinajstić information content (AvgIpc) is 3.50. The van der Waals surface area contributed by atoms with E-state index in [1.165, 1.54) is 20.7 Å². The summed E-state index contributed by atoms with van der Waals surface area (Å²) in [7, 11) is -2.91. The Morgan fingerprint density at radius 1 is 0.458 bits per heavy atom. The predicted molar refractivity (Wildman–Crippen MR) is 199 cm³/mol. The fourth-order valence-corrected chi connectivity index (χ4v) is 12.4. The summed E-state index contributed by atoms with van der Waals surface area (Å²) < 4.78 is 2.25. The van der Waals surface area contributed by atoms with Gasteiger partial charge >= 0.3 is 0 Å². The number of hydrogen-bond donors (Lipinski definition) is 0. The van der Waals surface area contributed by atoms with Crippen molar-refractivity contribution in [1.29, 1.82) is 10.5 Å². The molecule has 0 amide bonds. The van der Waals surface area contributed by atoms with Gasteiger partial charge in [0.15, 0.2) is 8.07 Å². The summed E-state index contributed by atoms with van der Waals surface area (Å²) in [5, 5.41) is 27.3. The lowest BCUT2D eigenvalue weighted by Gasteiger charge is -2.36. The Kier molecular flexibility index (Phi) is 7.27. The van der Waals surface area contributed by atoms with Crippen molar-refractivity contribution in [3.8, 4) is 29.0 Å². The number of aromatic nitrogens is 1. The van der Waals surface area contributed by atoms with Crippen LogP contribution in [0.5, 0.6) is 0 Å². The first-order valence-corrected chi connectivity index (χ1v) is 18.0. The Balaban J connectivity index is 1.39. The lowest BCUT2D eigenvalue weighted by Crippen LogP contribution is -2.75. The number of fused-ring (bicyclic) bond motifs is 3. The zero-order valence-electron chi connectivity index (χ0n) is 26.1. The van der Waals surface area contributed by atoms with Gasteiger partial charge in [0.05, 0.1) is 34.3 Å². The molecule has 1 heterocycles. The van der Waals surface area contributed by atoms with Crippen LogP contribution in [0.15, 0.2) is 176 Å². The van der Waals surface area contributed by atoms with Gasteiger partial charge in [0.1, 0.15) is 0 Å². The van der Waals surface area contributed by atoms with Gasteiger partial charge in [-0.1, -0.05) is 133 Å². The first kappa shape index (κ1) is 29.0. The SMILES string of the molecule is N#Cc1ccc2c(c1)c1ccccc1n2-c1ccc(-c2c(C#N)cccc2[Si](c2ccccc2)(c2ccccc2)c2ccccc2)cc1. The van der Waals surface area contributed by atoms with Crippen molar-refractivity contribution in [2.75, 3.05) is 0 Å². The van der Waals surface area contributed by atoms with Crippen LogP contribution in [-0.4, -0.2) is 12.6 Å². The van der Waals surface area contributed by atoms with E-state index in [9.17, 15) is 10.5 Å². The summed E-state index contributed by atoms with van der Waals surface area (Å²) in [5.74, 6) is 0. The molecule has 0 unspecified atom stereocenters. The fourth-order valence-electron chi connectivity index (χ4n) is 7.40. The highest BCUT2D eigenvalue weighted by atomic mass is 28.3. The maximum Gasteiger partial charge on any atom is 0.180 e. The molecule has 0 saturated carbocycles. The van der Waals surface area contributed by atoms with Crippen molar-refractivity contribution < 1.29 is 0 Å². The van der Waals surface area contributed by atoms with Crippen molar-refractivity contribution in [2.45, 2.75) is 0 Å². The molecular weight excluding hydrogens is 599 g/mol. The van der Waals surface area contributed by atoms with Gasteiger partial charge in [-0.05, 0) is 74.3 Å². The Labute approximate surface area is 280 Å². The van der Waals surface area contributed by atoms with Gasteiger partial charge in [0, 0.05) is 16.5 Å². The number of nitriles is 2. The van der Waals surface area contributed by atoms with Crippen LogP contribution in [-0.2, 0) is 0 Å².